The molecule has 1 rings (SSSR count). The molecule has 0 aromatic heterocycles. The summed E-state index contributed by atoms with van der Waals surface area (Å²) in [6, 6.07) is 5.38. The van der Waals surface area contributed by atoms with Gasteiger partial charge in [-0.1, -0.05) is 11.6 Å². The fourth-order valence-corrected chi connectivity index (χ4v) is 2.05. The number of amides is 1. The standard InChI is InChI=1S/C10H12ClIN2O/c1-13-5-4-10(15)14-9-3-2-7(11)6-8(9)12/h2-3,6,13H,4-5H2,1H3,(H,14,15). The smallest absolute Gasteiger partial charge is 0.225 e. The van der Waals surface area contributed by atoms with E-state index in [0.717, 1.165) is 9.26 Å². The minimum absolute atomic E-state index is 0.00425. The monoisotopic (exact) mass is 338 g/mol. The molecule has 3 nitrogen and oxygen atoms in total. The van der Waals surface area contributed by atoms with Gasteiger partial charge in [0.15, 0.2) is 0 Å². The van der Waals surface area contributed by atoms with Crippen LogP contribution in [0, 0.1) is 3.57 Å². The summed E-state index contributed by atoms with van der Waals surface area (Å²) in [5.41, 5.74) is 0.807. The Labute approximate surface area is 108 Å². The third kappa shape index (κ3) is 4.36. The Morgan fingerprint density at radius 1 is 1.53 bits per heavy atom. The molecule has 0 fully saturated rings. The highest BCUT2D eigenvalue weighted by Crippen LogP contribution is 2.22. The maximum Gasteiger partial charge on any atom is 0.225 e. The lowest BCUT2D eigenvalue weighted by atomic mass is 10.3. The second-order valence-corrected chi connectivity index (χ2v) is 4.62. The van der Waals surface area contributed by atoms with E-state index in [0.29, 0.717) is 18.0 Å². The molecule has 5 heteroatoms. The Morgan fingerprint density at radius 2 is 2.27 bits per heavy atom. The van der Waals surface area contributed by atoms with Crippen LogP contribution in [-0.2, 0) is 4.79 Å². The molecule has 1 amide bonds. The van der Waals surface area contributed by atoms with E-state index in [4.69, 9.17) is 11.6 Å². The van der Waals surface area contributed by atoms with Crippen molar-refractivity contribution in [3.8, 4) is 0 Å². The van der Waals surface area contributed by atoms with E-state index in [1.807, 2.05) is 13.1 Å². The van der Waals surface area contributed by atoms with Crippen molar-refractivity contribution in [3.05, 3.63) is 26.8 Å². The van der Waals surface area contributed by atoms with Gasteiger partial charge in [-0.2, -0.15) is 0 Å². The van der Waals surface area contributed by atoms with Gasteiger partial charge in [0.05, 0.1) is 5.69 Å². The normalized spacial score (nSPS) is 10.1. The van der Waals surface area contributed by atoms with Gasteiger partial charge in [0.1, 0.15) is 0 Å². The molecule has 0 bridgehead atoms. The number of carbonyl (C=O) groups is 1. The number of nitrogens with one attached hydrogen (secondary N) is 2. The summed E-state index contributed by atoms with van der Waals surface area (Å²) in [5, 5.41) is 6.43. The summed E-state index contributed by atoms with van der Waals surface area (Å²) >= 11 is 7.95. The molecule has 0 unspecified atom stereocenters. The summed E-state index contributed by atoms with van der Waals surface area (Å²) in [6.45, 7) is 0.677. The van der Waals surface area contributed by atoms with Crippen LogP contribution < -0.4 is 10.6 Å². The maximum atomic E-state index is 11.4. The van der Waals surface area contributed by atoms with E-state index in [-0.39, 0.29) is 5.91 Å². The van der Waals surface area contributed by atoms with Gasteiger partial charge in [0, 0.05) is 21.6 Å². The summed E-state index contributed by atoms with van der Waals surface area (Å²) in [5.74, 6) is 0.00425. The Kier molecular flexibility index (Phi) is 5.35. The molecule has 15 heavy (non-hydrogen) atoms. The van der Waals surface area contributed by atoms with Crippen LogP contribution >= 0.6 is 34.2 Å². The predicted molar refractivity (Wildman–Crippen MR) is 71.3 cm³/mol. The highest BCUT2D eigenvalue weighted by molar-refractivity contribution is 14.1. The van der Waals surface area contributed by atoms with Crippen molar-refractivity contribution in [1.29, 1.82) is 0 Å². The Balaban J connectivity index is 2.60. The number of halogens is 2. The summed E-state index contributed by atoms with van der Waals surface area (Å²) < 4.78 is 0.943. The molecule has 1 aromatic carbocycles. The first-order chi connectivity index (χ1) is 7.13. The van der Waals surface area contributed by atoms with Crippen molar-refractivity contribution in [3.63, 3.8) is 0 Å². The minimum Gasteiger partial charge on any atom is -0.325 e. The lowest BCUT2D eigenvalue weighted by molar-refractivity contribution is -0.116. The van der Waals surface area contributed by atoms with E-state index >= 15 is 0 Å². The van der Waals surface area contributed by atoms with Gasteiger partial charge in [-0.15, -0.1) is 0 Å². The molecular formula is C10H12ClIN2O. The molecule has 0 aliphatic heterocycles. The zero-order valence-corrected chi connectivity index (χ0v) is 11.2. The van der Waals surface area contributed by atoms with Crippen molar-refractivity contribution in [2.75, 3.05) is 18.9 Å². The first-order valence-corrected chi connectivity index (χ1v) is 5.98. The second kappa shape index (κ2) is 6.30. The van der Waals surface area contributed by atoms with Crippen LogP contribution in [0.1, 0.15) is 6.42 Å². The lowest BCUT2D eigenvalue weighted by Gasteiger charge is -2.07. The van der Waals surface area contributed by atoms with Crippen molar-refractivity contribution in [2.24, 2.45) is 0 Å². The molecule has 0 saturated heterocycles. The molecule has 0 spiro atoms. The van der Waals surface area contributed by atoms with Crippen molar-refractivity contribution >= 4 is 45.8 Å². The van der Waals surface area contributed by atoms with Crippen LogP contribution in [0.15, 0.2) is 18.2 Å². The quantitative estimate of drug-likeness (QED) is 0.828. The summed E-state index contributed by atoms with van der Waals surface area (Å²) in [6.07, 6.45) is 0.467. The fourth-order valence-electron chi connectivity index (χ4n) is 1.04. The summed E-state index contributed by atoms with van der Waals surface area (Å²) in [4.78, 5) is 11.4. The first kappa shape index (κ1) is 12.7. The molecule has 0 aliphatic carbocycles. The number of rotatable bonds is 4. The fraction of sp³-hybridized carbons (Fsp3) is 0.300. The third-order valence-corrected chi connectivity index (χ3v) is 2.93. The number of carbonyl (C=O) groups excluding carboxylic acids is 1. The lowest BCUT2D eigenvalue weighted by Crippen LogP contribution is -2.19. The largest absolute Gasteiger partial charge is 0.325 e. The van der Waals surface area contributed by atoms with Gasteiger partial charge in [-0.25, -0.2) is 0 Å². The average molecular weight is 339 g/mol. The van der Waals surface area contributed by atoms with E-state index in [1.165, 1.54) is 0 Å². The van der Waals surface area contributed by atoms with Gasteiger partial charge >= 0.3 is 0 Å². The number of benzene rings is 1. The molecule has 0 atom stereocenters. The van der Waals surface area contributed by atoms with Crippen LogP contribution in [0.4, 0.5) is 5.69 Å². The predicted octanol–water partition coefficient (Wildman–Crippen LogP) is 2.49. The molecule has 82 valence electrons. The second-order valence-electron chi connectivity index (χ2n) is 3.03. The molecule has 0 radical (unpaired) electrons. The maximum absolute atomic E-state index is 11.4. The highest BCUT2D eigenvalue weighted by Gasteiger charge is 2.04. The van der Waals surface area contributed by atoms with Gasteiger partial charge in [-0.05, 0) is 47.8 Å². The topological polar surface area (TPSA) is 41.1 Å². The SMILES string of the molecule is CNCCC(=O)Nc1ccc(Cl)cc1I. The molecule has 0 heterocycles. The molecular weight excluding hydrogens is 326 g/mol. The molecule has 0 saturated carbocycles. The third-order valence-electron chi connectivity index (χ3n) is 1.81. The summed E-state index contributed by atoms with van der Waals surface area (Å²) in [7, 11) is 1.82. The van der Waals surface area contributed by atoms with Gasteiger partial charge < -0.3 is 10.6 Å². The van der Waals surface area contributed by atoms with Crippen LogP contribution in [0.25, 0.3) is 0 Å². The van der Waals surface area contributed by atoms with E-state index < -0.39 is 0 Å². The molecule has 1 aromatic rings. The van der Waals surface area contributed by atoms with Gasteiger partial charge in [0.25, 0.3) is 0 Å². The number of anilines is 1. The number of hydrogen-bond donors (Lipinski definition) is 2. The first-order valence-electron chi connectivity index (χ1n) is 4.53. The van der Waals surface area contributed by atoms with Crippen molar-refractivity contribution in [1.82, 2.24) is 5.32 Å². The van der Waals surface area contributed by atoms with Crippen molar-refractivity contribution < 1.29 is 4.79 Å². The van der Waals surface area contributed by atoms with Crippen LogP contribution in [-0.4, -0.2) is 19.5 Å². The molecule has 2 N–H and O–H groups in total. The van der Waals surface area contributed by atoms with E-state index in [1.54, 1.807) is 12.1 Å². The van der Waals surface area contributed by atoms with Gasteiger partial charge in [0.2, 0.25) is 5.91 Å². The Morgan fingerprint density at radius 3 is 2.87 bits per heavy atom. The Hall–Kier alpha value is -0.330. The molecule has 0 aliphatic rings. The van der Waals surface area contributed by atoms with Crippen LogP contribution in [0.3, 0.4) is 0 Å². The van der Waals surface area contributed by atoms with Gasteiger partial charge in [-0.3, -0.25) is 4.79 Å². The van der Waals surface area contributed by atoms with Crippen LogP contribution in [0.2, 0.25) is 5.02 Å². The zero-order chi connectivity index (χ0) is 11.3. The number of hydrogen-bond acceptors (Lipinski definition) is 2. The highest BCUT2D eigenvalue weighted by atomic mass is 127. The zero-order valence-electron chi connectivity index (χ0n) is 8.31. The van der Waals surface area contributed by atoms with E-state index in [9.17, 15) is 4.79 Å². The van der Waals surface area contributed by atoms with Crippen LogP contribution in [0.5, 0.6) is 0 Å². The average Bonchev–Trinajstić information content (AvgIpc) is 2.19. The van der Waals surface area contributed by atoms with E-state index in [2.05, 4.69) is 33.2 Å². The Bertz CT molecular complexity index is 357. The minimum atomic E-state index is 0.00425. The van der Waals surface area contributed by atoms with Crippen molar-refractivity contribution in [2.45, 2.75) is 6.42 Å².